The van der Waals surface area contributed by atoms with Crippen molar-refractivity contribution in [3.05, 3.63) is 34.3 Å². The van der Waals surface area contributed by atoms with Gasteiger partial charge in [0, 0.05) is 24.9 Å². The Morgan fingerprint density at radius 2 is 1.97 bits per heavy atom. The number of thiazole rings is 1. The van der Waals surface area contributed by atoms with Crippen LogP contribution < -0.4 is 10.6 Å². The molecule has 0 radical (unpaired) electrons. The van der Waals surface area contributed by atoms with Crippen LogP contribution in [-0.4, -0.2) is 29.8 Å². The van der Waals surface area contributed by atoms with E-state index in [0.717, 1.165) is 40.0 Å². The van der Waals surface area contributed by atoms with Gasteiger partial charge in [-0.15, -0.1) is 11.3 Å². The van der Waals surface area contributed by atoms with Crippen molar-refractivity contribution in [3.8, 4) is 6.07 Å². The van der Waals surface area contributed by atoms with E-state index in [1.54, 1.807) is 17.4 Å². The van der Waals surface area contributed by atoms with Crippen molar-refractivity contribution in [2.45, 2.75) is 92.4 Å². The van der Waals surface area contributed by atoms with Crippen LogP contribution in [0.15, 0.2) is 23.7 Å². The van der Waals surface area contributed by atoms with Crippen LogP contribution in [0.2, 0.25) is 0 Å². The van der Waals surface area contributed by atoms with E-state index in [1.807, 2.05) is 32.9 Å². The Kier molecular flexibility index (Phi) is 15.0. The SMILES string of the molecule is C=C/C=C(\NC(C)=NCCCCC(=O)NCCC#N)c1sc(C(C)(C)C)nc1C(C)C.CC. The van der Waals surface area contributed by atoms with Crippen LogP contribution >= 0.6 is 11.3 Å². The molecule has 1 aromatic rings. The van der Waals surface area contributed by atoms with Crippen LogP contribution in [0.25, 0.3) is 5.70 Å². The lowest BCUT2D eigenvalue weighted by atomic mass is 9.98. The molecule has 1 amide bonds. The van der Waals surface area contributed by atoms with Gasteiger partial charge in [-0.25, -0.2) is 4.98 Å². The Balaban J connectivity index is 0.00000497. The van der Waals surface area contributed by atoms with E-state index in [-0.39, 0.29) is 11.3 Å². The topological polar surface area (TPSA) is 90.2 Å². The maximum Gasteiger partial charge on any atom is 0.220 e. The summed E-state index contributed by atoms with van der Waals surface area (Å²) in [6.07, 6.45) is 6.15. The summed E-state index contributed by atoms with van der Waals surface area (Å²) in [7, 11) is 0. The maximum absolute atomic E-state index is 11.7. The summed E-state index contributed by atoms with van der Waals surface area (Å²) < 4.78 is 0. The molecule has 0 bridgehead atoms. The van der Waals surface area contributed by atoms with Gasteiger partial charge in [0.2, 0.25) is 5.91 Å². The van der Waals surface area contributed by atoms with E-state index >= 15 is 0 Å². The highest BCUT2D eigenvalue weighted by atomic mass is 32.1. The Hall–Kier alpha value is -2.46. The smallest absolute Gasteiger partial charge is 0.220 e. The number of amides is 1. The predicted molar refractivity (Wildman–Crippen MR) is 143 cm³/mol. The summed E-state index contributed by atoms with van der Waals surface area (Å²) in [5.74, 6) is 1.13. The zero-order valence-electron chi connectivity index (χ0n) is 21.8. The highest BCUT2D eigenvalue weighted by molar-refractivity contribution is 7.13. The van der Waals surface area contributed by atoms with Crippen molar-refractivity contribution in [2.75, 3.05) is 13.1 Å². The molecular weight excluding hydrogens is 430 g/mol. The minimum absolute atomic E-state index is 0.00409. The van der Waals surface area contributed by atoms with Crippen molar-refractivity contribution in [2.24, 2.45) is 4.99 Å². The van der Waals surface area contributed by atoms with Gasteiger partial charge < -0.3 is 10.6 Å². The Morgan fingerprint density at radius 3 is 2.52 bits per heavy atom. The molecule has 2 N–H and O–H groups in total. The molecule has 1 heterocycles. The lowest BCUT2D eigenvalue weighted by Crippen LogP contribution is -2.23. The predicted octanol–water partition coefficient (Wildman–Crippen LogP) is 6.33. The van der Waals surface area contributed by atoms with Crippen molar-refractivity contribution in [1.29, 1.82) is 5.26 Å². The summed E-state index contributed by atoms with van der Waals surface area (Å²) in [6, 6.07) is 2.01. The highest BCUT2D eigenvalue weighted by Gasteiger charge is 2.24. The second-order valence-corrected chi connectivity index (χ2v) is 9.76. The fourth-order valence-corrected chi connectivity index (χ4v) is 4.01. The summed E-state index contributed by atoms with van der Waals surface area (Å²) in [5.41, 5.74) is 2.05. The zero-order valence-corrected chi connectivity index (χ0v) is 22.7. The lowest BCUT2D eigenvalue weighted by molar-refractivity contribution is -0.121. The van der Waals surface area contributed by atoms with Gasteiger partial charge >= 0.3 is 0 Å². The fraction of sp³-hybridized carbons (Fsp3) is 0.615. The number of nitrogens with one attached hydrogen (secondary N) is 2. The molecular formula is C26H43N5OS. The summed E-state index contributed by atoms with van der Waals surface area (Å²) in [5, 5.41) is 15.8. The van der Waals surface area contributed by atoms with Gasteiger partial charge in [0.1, 0.15) is 0 Å². The first-order valence-corrected chi connectivity index (χ1v) is 12.7. The minimum Gasteiger partial charge on any atom is -0.355 e. The molecule has 0 unspecified atom stereocenters. The second kappa shape index (κ2) is 16.2. The number of aliphatic imine (C=N–C) groups is 1. The number of rotatable bonds is 11. The first kappa shape index (κ1) is 30.5. The molecule has 6 nitrogen and oxygen atoms in total. The molecule has 0 fully saturated rings. The first-order valence-electron chi connectivity index (χ1n) is 11.9. The van der Waals surface area contributed by atoms with Crippen LogP contribution in [0.4, 0.5) is 0 Å². The van der Waals surface area contributed by atoms with Crippen LogP contribution in [0, 0.1) is 11.3 Å². The lowest BCUT2D eigenvalue weighted by Gasteiger charge is -2.13. The third-order valence-corrected chi connectivity index (χ3v) is 5.94. The number of nitriles is 1. The normalized spacial score (nSPS) is 12.0. The average molecular weight is 474 g/mol. The van der Waals surface area contributed by atoms with Crippen LogP contribution in [0.5, 0.6) is 0 Å². The van der Waals surface area contributed by atoms with Crippen molar-refractivity contribution < 1.29 is 4.79 Å². The number of carbonyl (C=O) groups is 1. The van der Waals surface area contributed by atoms with E-state index in [0.29, 0.717) is 31.8 Å². The molecule has 0 atom stereocenters. The molecule has 0 saturated carbocycles. The molecule has 184 valence electrons. The molecule has 0 aliphatic carbocycles. The summed E-state index contributed by atoms with van der Waals surface area (Å²) in [4.78, 5) is 22.3. The number of carbonyl (C=O) groups excluding carboxylic acids is 1. The molecule has 1 aromatic heterocycles. The molecule has 7 heteroatoms. The summed E-state index contributed by atoms with van der Waals surface area (Å²) >= 11 is 1.72. The standard InChI is InChI=1S/C24H37N5OS.C2H6/c1-8-12-19(22-21(17(2)3)29-23(31-22)24(5,6)7)28-18(4)26-15-10-9-13-20(30)27-16-11-14-25;1-2/h8,12,17H,1,9-11,13,15-16H2,2-7H3,(H,26,28)(H,27,30);1-2H3/b19-12-;. The molecule has 33 heavy (non-hydrogen) atoms. The van der Waals surface area contributed by atoms with E-state index in [9.17, 15) is 4.79 Å². The monoisotopic (exact) mass is 473 g/mol. The van der Waals surface area contributed by atoms with Gasteiger partial charge in [-0.05, 0) is 31.8 Å². The molecule has 0 aliphatic rings. The number of hydrogen-bond acceptors (Lipinski definition) is 5. The molecule has 0 spiro atoms. The van der Waals surface area contributed by atoms with Crippen molar-refractivity contribution >= 4 is 28.8 Å². The quantitative estimate of drug-likeness (QED) is 0.170. The number of allylic oxidation sites excluding steroid dienone is 2. The number of hydrogen-bond donors (Lipinski definition) is 2. The van der Waals surface area contributed by atoms with Crippen molar-refractivity contribution in [3.63, 3.8) is 0 Å². The fourth-order valence-electron chi connectivity index (χ4n) is 2.75. The third kappa shape index (κ3) is 11.8. The van der Waals surface area contributed by atoms with Crippen LogP contribution in [-0.2, 0) is 10.2 Å². The molecule has 0 aliphatic heterocycles. The van der Waals surface area contributed by atoms with E-state index in [4.69, 9.17) is 10.2 Å². The first-order chi connectivity index (χ1) is 15.6. The number of aromatic nitrogens is 1. The zero-order chi connectivity index (χ0) is 25.4. The largest absolute Gasteiger partial charge is 0.355 e. The second-order valence-electron chi connectivity index (χ2n) is 8.76. The summed E-state index contributed by atoms with van der Waals surface area (Å²) in [6.45, 7) is 21.8. The number of nitrogens with zero attached hydrogens (tertiary/aromatic N) is 3. The number of unbranched alkanes of at least 4 members (excludes halogenated alkanes) is 1. The third-order valence-electron chi connectivity index (χ3n) is 4.41. The number of amidine groups is 1. The van der Waals surface area contributed by atoms with Crippen LogP contribution in [0.3, 0.4) is 0 Å². The Morgan fingerprint density at radius 1 is 1.30 bits per heavy atom. The van der Waals surface area contributed by atoms with Gasteiger partial charge in [0.25, 0.3) is 0 Å². The van der Waals surface area contributed by atoms with Gasteiger partial charge in [-0.1, -0.05) is 61.1 Å². The van der Waals surface area contributed by atoms with Gasteiger partial charge in [-0.2, -0.15) is 5.26 Å². The molecule has 0 aromatic carbocycles. The Labute approximate surface area is 205 Å². The Bertz CT molecular complexity index is 838. The minimum atomic E-state index is -0.00802. The maximum atomic E-state index is 11.7. The van der Waals surface area contributed by atoms with Crippen LogP contribution in [0.1, 0.15) is 103 Å². The van der Waals surface area contributed by atoms with Gasteiger partial charge in [-0.3, -0.25) is 9.79 Å². The van der Waals surface area contributed by atoms with Gasteiger partial charge in [0.15, 0.2) is 0 Å². The highest BCUT2D eigenvalue weighted by Crippen LogP contribution is 2.35. The van der Waals surface area contributed by atoms with E-state index < -0.39 is 0 Å². The van der Waals surface area contributed by atoms with E-state index in [1.165, 1.54) is 0 Å². The average Bonchev–Trinajstić information content (AvgIpc) is 3.21. The molecule has 1 rings (SSSR count). The molecule has 0 saturated heterocycles. The van der Waals surface area contributed by atoms with Gasteiger partial charge in [0.05, 0.1) is 39.6 Å². The van der Waals surface area contributed by atoms with Crippen molar-refractivity contribution in [1.82, 2.24) is 15.6 Å². The van der Waals surface area contributed by atoms with E-state index in [2.05, 4.69) is 56.8 Å².